The minimum atomic E-state index is -0.565. The summed E-state index contributed by atoms with van der Waals surface area (Å²) in [5, 5.41) is 7.18. The predicted octanol–water partition coefficient (Wildman–Crippen LogP) is 5.92. The number of carbonyl (C=O) groups is 2. The standard InChI is InChI=1S/C26H31N3O3/c1-3-32-22(30)17-26(15-7-4-8-16-26)29-25(31)28-24-20-9-5-6-10-21(20)27-23(24)19-13-11-18(2)12-14-19/h5-6,9-14,27H,3-4,7-8,15-17H2,1-2H3,(H2,28,29,31). The van der Waals surface area contributed by atoms with Gasteiger partial charge in [-0.05, 0) is 32.8 Å². The smallest absolute Gasteiger partial charge is 0.319 e. The van der Waals surface area contributed by atoms with Crippen molar-refractivity contribution in [2.45, 2.75) is 57.9 Å². The number of aryl methyl sites for hydroxylation is 1. The molecule has 3 aromatic rings. The molecule has 0 bridgehead atoms. The average Bonchev–Trinajstić information content (AvgIpc) is 3.13. The fourth-order valence-electron chi connectivity index (χ4n) is 4.66. The van der Waals surface area contributed by atoms with E-state index in [0.717, 1.165) is 60.0 Å². The number of aromatic amines is 1. The summed E-state index contributed by atoms with van der Waals surface area (Å²) < 4.78 is 5.19. The van der Waals surface area contributed by atoms with Gasteiger partial charge in [-0.2, -0.15) is 0 Å². The zero-order valence-electron chi connectivity index (χ0n) is 18.8. The average molecular weight is 434 g/mol. The lowest BCUT2D eigenvalue weighted by atomic mass is 9.79. The maximum atomic E-state index is 13.2. The van der Waals surface area contributed by atoms with Gasteiger partial charge in [0.15, 0.2) is 0 Å². The molecule has 1 heterocycles. The summed E-state index contributed by atoms with van der Waals surface area (Å²) in [5.74, 6) is -0.262. The number of rotatable bonds is 6. The van der Waals surface area contributed by atoms with Crippen LogP contribution in [0.4, 0.5) is 10.5 Å². The van der Waals surface area contributed by atoms with Crippen LogP contribution < -0.4 is 10.6 Å². The molecule has 1 fully saturated rings. The van der Waals surface area contributed by atoms with E-state index in [-0.39, 0.29) is 18.4 Å². The number of aromatic nitrogens is 1. The van der Waals surface area contributed by atoms with E-state index < -0.39 is 5.54 Å². The molecular weight excluding hydrogens is 402 g/mol. The SMILES string of the molecule is CCOC(=O)CC1(NC(=O)Nc2c(-c3ccc(C)cc3)[nH]c3ccccc23)CCCCC1. The molecule has 1 aliphatic rings. The molecule has 1 aromatic heterocycles. The van der Waals surface area contributed by atoms with Gasteiger partial charge in [-0.1, -0.05) is 67.3 Å². The Morgan fingerprint density at radius 3 is 2.47 bits per heavy atom. The Kier molecular flexibility index (Phi) is 6.49. The molecule has 0 unspecified atom stereocenters. The second-order valence-electron chi connectivity index (χ2n) is 8.69. The Hall–Kier alpha value is -3.28. The summed E-state index contributed by atoms with van der Waals surface area (Å²) >= 11 is 0. The van der Waals surface area contributed by atoms with Crippen LogP contribution in [0.2, 0.25) is 0 Å². The van der Waals surface area contributed by atoms with Gasteiger partial charge in [0.25, 0.3) is 0 Å². The van der Waals surface area contributed by atoms with E-state index in [1.54, 1.807) is 6.92 Å². The van der Waals surface area contributed by atoms with Gasteiger partial charge >= 0.3 is 12.0 Å². The van der Waals surface area contributed by atoms with E-state index in [0.29, 0.717) is 6.61 Å². The summed E-state index contributed by atoms with van der Waals surface area (Å²) in [4.78, 5) is 28.9. The molecule has 0 atom stereocenters. The van der Waals surface area contributed by atoms with Gasteiger partial charge in [0, 0.05) is 16.5 Å². The summed E-state index contributed by atoms with van der Waals surface area (Å²) in [5.41, 5.74) is 4.17. The van der Waals surface area contributed by atoms with Crippen LogP contribution in [0.1, 0.15) is 51.0 Å². The first-order valence-corrected chi connectivity index (χ1v) is 11.4. The molecule has 1 saturated carbocycles. The highest BCUT2D eigenvalue weighted by molar-refractivity contribution is 6.07. The van der Waals surface area contributed by atoms with Crippen molar-refractivity contribution in [1.29, 1.82) is 0 Å². The molecule has 2 amide bonds. The molecule has 0 aliphatic heterocycles. The molecule has 32 heavy (non-hydrogen) atoms. The number of hydrogen-bond acceptors (Lipinski definition) is 3. The topological polar surface area (TPSA) is 83.2 Å². The van der Waals surface area contributed by atoms with E-state index in [2.05, 4.69) is 34.7 Å². The minimum absolute atomic E-state index is 0.201. The molecule has 4 rings (SSSR count). The van der Waals surface area contributed by atoms with Crippen LogP contribution >= 0.6 is 0 Å². The Morgan fingerprint density at radius 2 is 1.75 bits per heavy atom. The Balaban J connectivity index is 1.62. The Morgan fingerprint density at radius 1 is 1.03 bits per heavy atom. The number of ether oxygens (including phenoxy) is 1. The highest BCUT2D eigenvalue weighted by atomic mass is 16.5. The van der Waals surface area contributed by atoms with Crippen LogP contribution in [0.3, 0.4) is 0 Å². The number of carbonyl (C=O) groups excluding carboxylic acids is 2. The van der Waals surface area contributed by atoms with Crippen molar-refractivity contribution < 1.29 is 14.3 Å². The lowest BCUT2D eigenvalue weighted by molar-refractivity contribution is -0.145. The third-order valence-electron chi connectivity index (χ3n) is 6.26. The van der Waals surface area contributed by atoms with Crippen molar-refractivity contribution in [3.05, 3.63) is 54.1 Å². The predicted molar refractivity (Wildman–Crippen MR) is 128 cm³/mol. The largest absolute Gasteiger partial charge is 0.466 e. The summed E-state index contributed by atoms with van der Waals surface area (Å²) in [7, 11) is 0. The third kappa shape index (κ3) is 4.79. The van der Waals surface area contributed by atoms with Gasteiger partial charge in [0.1, 0.15) is 0 Å². The van der Waals surface area contributed by atoms with Gasteiger partial charge in [0.2, 0.25) is 0 Å². The maximum absolute atomic E-state index is 13.2. The Labute approximate surface area is 188 Å². The van der Waals surface area contributed by atoms with E-state index in [1.165, 1.54) is 5.56 Å². The Bertz CT molecular complexity index is 1100. The molecule has 1 aliphatic carbocycles. The van der Waals surface area contributed by atoms with E-state index in [9.17, 15) is 9.59 Å². The van der Waals surface area contributed by atoms with Crippen molar-refractivity contribution in [1.82, 2.24) is 10.3 Å². The monoisotopic (exact) mass is 433 g/mol. The second-order valence-corrected chi connectivity index (χ2v) is 8.69. The number of fused-ring (bicyclic) bond motifs is 1. The molecular formula is C26H31N3O3. The normalized spacial score (nSPS) is 15.3. The molecule has 6 heteroatoms. The molecule has 168 valence electrons. The van der Waals surface area contributed by atoms with Gasteiger partial charge in [-0.15, -0.1) is 0 Å². The number of hydrogen-bond donors (Lipinski definition) is 3. The molecule has 0 radical (unpaired) electrons. The van der Waals surface area contributed by atoms with Crippen molar-refractivity contribution in [3.8, 4) is 11.3 Å². The zero-order valence-corrected chi connectivity index (χ0v) is 18.8. The van der Waals surface area contributed by atoms with Crippen molar-refractivity contribution in [3.63, 3.8) is 0 Å². The molecule has 6 nitrogen and oxygen atoms in total. The van der Waals surface area contributed by atoms with E-state index in [4.69, 9.17) is 4.74 Å². The minimum Gasteiger partial charge on any atom is -0.466 e. The summed E-state index contributed by atoms with van der Waals surface area (Å²) in [6.07, 6.45) is 4.85. The number of H-pyrrole nitrogens is 1. The van der Waals surface area contributed by atoms with Crippen LogP contribution in [0, 0.1) is 6.92 Å². The summed E-state index contributed by atoms with van der Waals surface area (Å²) in [6.45, 7) is 4.19. The number of nitrogens with one attached hydrogen (secondary N) is 3. The number of amides is 2. The zero-order chi connectivity index (χ0) is 22.6. The summed E-state index contributed by atoms with van der Waals surface area (Å²) in [6, 6.07) is 15.8. The van der Waals surface area contributed by atoms with Gasteiger partial charge in [-0.25, -0.2) is 4.79 Å². The van der Waals surface area contributed by atoms with Gasteiger partial charge < -0.3 is 20.4 Å². The van der Waals surface area contributed by atoms with Crippen molar-refractivity contribution in [2.24, 2.45) is 0 Å². The van der Waals surface area contributed by atoms with Crippen LogP contribution in [0.15, 0.2) is 48.5 Å². The van der Waals surface area contributed by atoms with E-state index in [1.807, 2.05) is 36.4 Å². The second kappa shape index (κ2) is 9.47. The maximum Gasteiger partial charge on any atom is 0.319 e. The number of urea groups is 1. The highest BCUT2D eigenvalue weighted by Gasteiger charge is 2.36. The number of benzene rings is 2. The highest BCUT2D eigenvalue weighted by Crippen LogP contribution is 2.36. The van der Waals surface area contributed by atoms with Crippen molar-refractivity contribution in [2.75, 3.05) is 11.9 Å². The molecule has 3 N–H and O–H groups in total. The van der Waals surface area contributed by atoms with Gasteiger partial charge in [0.05, 0.1) is 29.9 Å². The van der Waals surface area contributed by atoms with Crippen LogP contribution in [0.25, 0.3) is 22.2 Å². The fraction of sp³-hybridized carbons (Fsp3) is 0.385. The van der Waals surface area contributed by atoms with E-state index >= 15 is 0 Å². The lowest BCUT2D eigenvalue weighted by Gasteiger charge is -2.37. The number of para-hydroxylation sites is 1. The van der Waals surface area contributed by atoms with Crippen LogP contribution in [0.5, 0.6) is 0 Å². The first-order valence-electron chi connectivity index (χ1n) is 11.4. The van der Waals surface area contributed by atoms with Crippen LogP contribution in [-0.4, -0.2) is 29.1 Å². The fourth-order valence-corrected chi connectivity index (χ4v) is 4.66. The number of esters is 1. The lowest BCUT2D eigenvalue weighted by Crippen LogP contribution is -2.52. The third-order valence-corrected chi connectivity index (χ3v) is 6.26. The van der Waals surface area contributed by atoms with Crippen molar-refractivity contribution >= 4 is 28.6 Å². The first kappa shape index (κ1) is 21.9. The van der Waals surface area contributed by atoms with Gasteiger partial charge in [-0.3, -0.25) is 4.79 Å². The first-order chi connectivity index (χ1) is 15.5. The molecule has 2 aromatic carbocycles. The molecule has 0 spiro atoms. The van der Waals surface area contributed by atoms with Crippen LogP contribution in [-0.2, 0) is 9.53 Å². The molecule has 0 saturated heterocycles. The quantitative estimate of drug-likeness (QED) is 0.422. The number of anilines is 1.